The van der Waals surface area contributed by atoms with Gasteiger partial charge in [0.1, 0.15) is 6.10 Å². The van der Waals surface area contributed by atoms with Gasteiger partial charge in [-0.2, -0.15) is 0 Å². The minimum absolute atomic E-state index is 0.365. The Morgan fingerprint density at radius 3 is 1.50 bits per heavy atom. The minimum Gasteiger partial charge on any atom is -0.476 e. The number of carbonyl (C=O) groups excluding carboxylic acids is 1. The number of aliphatic hydroxyl groups is 3. The number of aliphatic hydroxyl groups excluding tert-OH is 3. The summed E-state index contributed by atoms with van der Waals surface area (Å²) in [6, 6.07) is 0. The lowest BCUT2D eigenvalue weighted by Crippen LogP contribution is -2.15. The lowest BCUT2D eigenvalue weighted by Gasteiger charge is -1.96. The standard InChI is InChI=1S/C3H8O3.C3H4O3/c4-1-3(6)2-5;1-2(4)3(5)6/h3-6H,1-2H2;1H3,(H,5,6). The van der Waals surface area contributed by atoms with Crippen LogP contribution in [0.1, 0.15) is 6.92 Å². The first-order valence-corrected chi connectivity index (χ1v) is 3.09. The molecule has 0 rings (SSSR count). The van der Waals surface area contributed by atoms with Gasteiger partial charge in [0.2, 0.25) is 5.78 Å². The van der Waals surface area contributed by atoms with Gasteiger partial charge in [0.05, 0.1) is 13.2 Å². The van der Waals surface area contributed by atoms with Crippen LogP contribution < -0.4 is 0 Å². The minimum atomic E-state index is -1.38. The first-order chi connectivity index (χ1) is 5.45. The van der Waals surface area contributed by atoms with Gasteiger partial charge in [0, 0.05) is 6.92 Å². The number of rotatable bonds is 3. The van der Waals surface area contributed by atoms with Gasteiger partial charge in [-0.1, -0.05) is 0 Å². The predicted molar refractivity (Wildman–Crippen MR) is 38.5 cm³/mol. The number of carbonyl (C=O) groups is 2. The number of hydrogen-bond donors (Lipinski definition) is 4. The first kappa shape index (κ1) is 13.6. The van der Waals surface area contributed by atoms with Gasteiger partial charge in [0.15, 0.2) is 0 Å². The van der Waals surface area contributed by atoms with Crippen LogP contribution in [0.5, 0.6) is 0 Å². The average Bonchev–Trinajstić information content (AvgIpc) is 2.04. The Labute approximate surface area is 69.1 Å². The maximum atomic E-state index is 9.54. The molecular formula is C6H12O6. The summed E-state index contributed by atoms with van der Waals surface area (Å²) in [6.45, 7) is 0.273. The fourth-order valence-corrected chi connectivity index (χ4v) is 0.0577. The van der Waals surface area contributed by atoms with E-state index in [1.54, 1.807) is 0 Å². The third-order valence-corrected chi connectivity index (χ3v) is 0.723. The van der Waals surface area contributed by atoms with Crippen molar-refractivity contribution in [2.24, 2.45) is 0 Å². The van der Waals surface area contributed by atoms with E-state index in [1.807, 2.05) is 0 Å². The third-order valence-electron chi connectivity index (χ3n) is 0.723. The van der Waals surface area contributed by atoms with Crippen molar-refractivity contribution >= 4 is 11.8 Å². The molecule has 0 radical (unpaired) electrons. The normalized spacial score (nSPS) is 8.75. The molecule has 0 saturated carbocycles. The van der Waals surface area contributed by atoms with E-state index in [1.165, 1.54) is 0 Å². The molecule has 0 aromatic carbocycles. The van der Waals surface area contributed by atoms with E-state index in [9.17, 15) is 9.59 Å². The number of ketones is 1. The van der Waals surface area contributed by atoms with E-state index in [4.69, 9.17) is 20.4 Å². The lowest BCUT2D eigenvalue weighted by molar-refractivity contribution is -0.148. The Morgan fingerprint density at radius 2 is 1.50 bits per heavy atom. The third kappa shape index (κ3) is 11.8. The highest BCUT2D eigenvalue weighted by molar-refractivity contribution is 6.31. The number of Topliss-reactive ketones (excluding diaryl/α,β-unsaturated/α-hetero) is 1. The zero-order valence-corrected chi connectivity index (χ0v) is 6.60. The highest BCUT2D eigenvalue weighted by atomic mass is 16.4. The molecule has 0 bridgehead atoms. The van der Waals surface area contributed by atoms with E-state index in [0.29, 0.717) is 0 Å². The molecule has 0 saturated heterocycles. The molecule has 0 unspecified atom stereocenters. The van der Waals surface area contributed by atoms with Crippen LogP contribution in [0.2, 0.25) is 0 Å². The molecule has 6 nitrogen and oxygen atoms in total. The van der Waals surface area contributed by atoms with Crippen molar-refractivity contribution in [1.29, 1.82) is 0 Å². The average molecular weight is 180 g/mol. The second kappa shape index (κ2) is 8.12. The molecule has 0 amide bonds. The van der Waals surface area contributed by atoms with Gasteiger partial charge >= 0.3 is 5.97 Å². The maximum Gasteiger partial charge on any atom is 0.371 e. The van der Waals surface area contributed by atoms with Crippen molar-refractivity contribution in [3.05, 3.63) is 0 Å². The van der Waals surface area contributed by atoms with Crippen LogP contribution in [0.4, 0.5) is 0 Å². The Morgan fingerprint density at radius 1 is 1.25 bits per heavy atom. The largest absolute Gasteiger partial charge is 0.476 e. The number of aliphatic carboxylic acids is 1. The summed E-state index contributed by atoms with van der Waals surface area (Å²) >= 11 is 0. The van der Waals surface area contributed by atoms with Crippen LogP contribution in [0.25, 0.3) is 0 Å². The Balaban J connectivity index is 0. The molecule has 0 atom stereocenters. The second-order valence-electron chi connectivity index (χ2n) is 1.88. The number of hydrogen-bond acceptors (Lipinski definition) is 5. The summed E-state index contributed by atoms with van der Waals surface area (Å²) in [4.78, 5) is 18.9. The zero-order valence-electron chi connectivity index (χ0n) is 6.60. The molecule has 0 aromatic rings. The molecule has 0 heterocycles. The Kier molecular flexibility index (Phi) is 9.20. The molecule has 0 aromatic heterocycles. The summed E-state index contributed by atoms with van der Waals surface area (Å²) in [5.74, 6) is -2.20. The first-order valence-electron chi connectivity index (χ1n) is 3.09. The van der Waals surface area contributed by atoms with E-state index >= 15 is 0 Å². The van der Waals surface area contributed by atoms with Crippen molar-refractivity contribution in [3.63, 3.8) is 0 Å². The topological polar surface area (TPSA) is 115 Å². The predicted octanol–water partition coefficient (Wildman–Crippen LogP) is -2.01. The monoisotopic (exact) mass is 180 g/mol. The highest BCUT2D eigenvalue weighted by Crippen LogP contribution is 1.71. The molecule has 12 heavy (non-hydrogen) atoms. The number of carboxylic acid groups (broad SMARTS) is 1. The SMILES string of the molecule is CC(=O)C(=O)O.OCC(O)CO. The van der Waals surface area contributed by atoms with Crippen molar-refractivity contribution < 1.29 is 30.0 Å². The zero-order chi connectivity index (χ0) is 10.1. The molecule has 4 N–H and O–H groups in total. The summed E-state index contributed by atoms with van der Waals surface area (Å²) in [7, 11) is 0. The van der Waals surface area contributed by atoms with Crippen molar-refractivity contribution in [1.82, 2.24) is 0 Å². The van der Waals surface area contributed by atoms with Gasteiger partial charge in [-0.3, -0.25) is 4.79 Å². The number of carboxylic acids is 1. The summed E-state index contributed by atoms with van der Waals surface area (Å²) < 4.78 is 0. The van der Waals surface area contributed by atoms with Crippen LogP contribution in [0, 0.1) is 0 Å². The van der Waals surface area contributed by atoms with Gasteiger partial charge in [-0.15, -0.1) is 0 Å². The van der Waals surface area contributed by atoms with Crippen LogP contribution in [-0.4, -0.2) is 51.5 Å². The summed E-state index contributed by atoms with van der Waals surface area (Å²) in [5, 5.41) is 31.7. The van der Waals surface area contributed by atoms with E-state index in [-0.39, 0.29) is 13.2 Å². The fraction of sp³-hybridized carbons (Fsp3) is 0.667. The molecule has 0 fully saturated rings. The lowest BCUT2D eigenvalue weighted by atomic mass is 10.4. The molecule has 0 aliphatic carbocycles. The van der Waals surface area contributed by atoms with Gasteiger partial charge < -0.3 is 20.4 Å². The van der Waals surface area contributed by atoms with Gasteiger partial charge in [-0.05, 0) is 0 Å². The highest BCUT2D eigenvalue weighted by Gasteiger charge is 1.99. The van der Waals surface area contributed by atoms with Crippen LogP contribution in [0.15, 0.2) is 0 Å². The second-order valence-corrected chi connectivity index (χ2v) is 1.88. The molecule has 6 heteroatoms. The van der Waals surface area contributed by atoms with E-state index in [0.717, 1.165) is 6.92 Å². The molecule has 0 aliphatic heterocycles. The van der Waals surface area contributed by atoms with Crippen molar-refractivity contribution in [2.75, 3.05) is 13.2 Å². The van der Waals surface area contributed by atoms with Gasteiger partial charge in [-0.25, -0.2) is 4.79 Å². The molecule has 0 aliphatic rings. The quantitative estimate of drug-likeness (QED) is 0.373. The molecule has 0 spiro atoms. The maximum absolute atomic E-state index is 9.54. The Hall–Kier alpha value is -0.980. The summed E-state index contributed by atoms with van der Waals surface area (Å²) in [5.41, 5.74) is 0. The molecular weight excluding hydrogens is 168 g/mol. The van der Waals surface area contributed by atoms with Crippen molar-refractivity contribution in [3.8, 4) is 0 Å². The Bertz CT molecular complexity index is 127. The van der Waals surface area contributed by atoms with E-state index < -0.39 is 17.9 Å². The van der Waals surface area contributed by atoms with E-state index in [2.05, 4.69) is 0 Å². The van der Waals surface area contributed by atoms with Gasteiger partial charge in [0.25, 0.3) is 0 Å². The smallest absolute Gasteiger partial charge is 0.371 e. The molecule has 72 valence electrons. The van der Waals surface area contributed by atoms with Crippen LogP contribution in [0.3, 0.4) is 0 Å². The fourth-order valence-electron chi connectivity index (χ4n) is 0.0577. The van der Waals surface area contributed by atoms with Crippen molar-refractivity contribution in [2.45, 2.75) is 13.0 Å². The summed E-state index contributed by atoms with van der Waals surface area (Å²) in [6.07, 6.45) is -0.954. The van der Waals surface area contributed by atoms with Crippen LogP contribution >= 0.6 is 0 Å². The van der Waals surface area contributed by atoms with Crippen LogP contribution in [-0.2, 0) is 9.59 Å².